The first-order valence-corrected chi connectivity index (χ1v) is 6.51. The Bertz CT molecular complexity index is 327. The summed E-state index contributed by atoms with van der Waals surface area (Å²) in [4.78, 5) is 0. The van der Waals surface area contributed by atoms with Crippen molar-refractivity contribution in [2.45, 2.75) is 12.2 Å². The highest BCUT2D eigenvalue weighted by Gasteiger charge is 2.32. The molecule has 0 bridgehead atoms. The van der Waals surface area contributed by atoms with Gasteiger partial charge in [-0.25, -0.2) is 8.42 Å². The van der Waals surface area contributed by atoms with Crippen LogP contribution in [0.2, 0.25) is 0 Å². The zero-order valence-electron chi connectivity index (χ0n) is 8.31. The van der Waals surface area contributed by atoms with E-state index in [2.05, 4.69) is 4.40 Å². The van der Waals surface area contributed by atoms with E-state index in [1.807, 2.05) is 28.1 Å². The molecule has 1 aliphatic heterocycles. The van der Waals surface area contributed by atoms with Crippen molar-refractivity contribution < 1.29 is 12.9 Å². The first kappa shape index (κ1) is 11.0. The minimum absolute atomic E-state index is 0.106. The highest BCUT2D eigenvalue weighted by molar-refractivity contribution is 8.15. The van der Waals surface area contributed by atoms with Crippen molar-refractivity contribution >= 4 is 27.0 Å². The molecule has 0 N–H and O–H groups in total. The number of hydrogen-bond donors (Lipinski definition) is 0. The lowest BCUT2D eigenvalue weighted by atomic mass is 10.6. The summed E-state index contributed by atoms with van der Waals surface area (Å²) in [5.41, 5.74) is 0. The lowest BCUT2D eigenvalue weighted by Gasteiger charge is -2.27. The minimum Gasteiger partial charge on any atom is -0.275 e. The van der Waals surface area contributed by atoms with E-state index in [0.29, 0.717) is 9.65 Å². The summed E-state index contributed by atoms with van der Waals surface area (Å²) < 4.78 is 26.8. The van der Waals surface area contributed by atoms with Crippen LogP contribution < -0.4 is 0 Å². The Labute approximate surface area is 83.7 Å². The summed E-state index contributed by atoms with van der Waals surface area (Å²) in [6, 6.07) is 0. The number of hydrogen-bond acceptors (Lipinski definition) is 3. The number of sulfonamides is 1. The lowest BCUT2D eigenvalue weighted by Crippen LogP contribution is -2.43. The van der Waals surface area contributed by atoms with Gasteiger partial charge in [-0.2, -0.15) is 0 Å². The van der Waals surface area contributed by atoms with Gasteiger partial charge in [-0.3, -0.25) is 4.48 Å². The second-order valence-corrected chi connectivity index (χ2v) is 7.15. The monoisotopic (exact) mass is 223 g/mol. The van der Waals surface area contributed by atoms with E-state index in [1.165, 1.54) is 11.8 Å². The van der Waals surface area contributed by atoms with Gasteiger partial charge in [-0.15, -0.1) is 4.40 Å². The van der Waals surface area contributed by atoms with Crippen molar-refractivity contribution in [2.75, 3.05) is 26.9 Å². The van der Waals surface area contributed by atoms with Gasteiger partial charge in [0.05, 0.1) is 26.9 Å². The first-order chi connectivity index (χ1) is 5.71. The largest absolute Gasteiger partial charge is 0.275 e. The van der Waals surface area contributed by atoms with E-state index in [4.69, 9.17) is 0 Å². The van der Waals surface area contributed by atoms with Crippen LogP contribution in [0.4, 0.5) is 0 Å². The maximum atomic E-state index is 11.3. The lowest BCUT2D eigenvalue weighted by molar-refractivity contribution is -0.772. The predicted molar refractivity (Wildman–Crippen MR) is 56.3 cm³/mol. The number of rotatable bonds is 0. The Morgan fingerprint density at radius 3 is 2.38 bits per heavy atom. The van der Waals surface area contributed by atoms with Crippen LogP contribution in [0.5, 0.6) is 0 Å². The quantitative estimate of drug-likeness (QED) is 0.562. The second kappa shape index (κ2) is 3.25. The van der Waals surface area contributed by atoms with Crippen molar-refractivity contribution in [3.05, 3.63) is 0 Å². The summed E-state index contributed by atoms with van der Waals surface area (Å²) in [7, 11) is 2.54. The topological polar surface area (TPSA) is 46.5 Å². The standard InChI is InChI=1S/C7H15N2O2S2/c1-6-5-13(10,11)8-7(12-6)9(2,3)4/h6H,5H2,1-4H3/q+1. The van der Waals surface area contributed by atoms with E-state index in [-0.39, 0.29) is 11.0 Å². The average molecular weight is 223 g/mol. The highest BCUT2D eigenvalue weighted by Crippen LogP contribution is 2.25. The zero-order chi connectivity index (χ0) is 10.3. The smallest absolute Gasteiger partial charge is 0.274 e. The SMILES string of the molecule is CC1CS(=O)(=O)N=C([N+](C)(C)C)S1. The fourth-order valence-corrected chi connectivity index (χ4v) is 4.10. The van der Waals surface area contributed by atoms with Crippen LogP contribution in [0.25, 0.3) is 0 Å². The molecule has 0 radical (unpaired) electrons. The molecule has 0 aromatic heterocycles. The van der Waals surface area contributed by atoms with Gasteiger partial charge in [-0.1, -0.05) is 6.92 Å². The highest BCUT2D eigenvalue weighted by atomic mass is 32.2. The molecule has 4 nitrogen and oxygen atoms in total. The molecule has 1 heterocycles. The molecular weight excluding hydrogens is 208 g/mol. The van der Waals surface area contributed by atoms with Gasteiger partial charge in [0.25, 0.3) is 15.2 Å². The fraction of sp³-hybridized carbons (Fsp3) is 0.857. The summed E-state index contributed by atoms with van der Waals surface area (Å²) >= 11 is 1.54. The van der Waals surface area contributed by atoms with Crippen LogP contribution in [0, 0.1) is 0 Å². The molecule has 0 aromatic carbocycles. The van der Waals surface area contributed by atoms with Gasteiger partial charge in [0.2, 0.25) is 0 Å². The van der Waals surface area contributed by atoms with Crippen molar-refractivity contribution in [2.24, 2.45) is 4.40 Å². The second-order valence-electron chi connectivity index (χ2n) is 4.06. The molecule has 0 aliphatic carbocycles. The molecular formula is C7H15N2O2S2+. The van der Waals surface area contributed by atoms with Gasteiger partial charge in [0, 0.05) is 5.25 Å². The van der Waals surface area contributed by atoms with E-state index in [0.717, 1.165) is 0 Å². The van der Waals surface area contributed by atoms with Gasteiger partial charge in [-0.05, 0) is 11.8 Å². The van der Waals surface area contributed by atoms with Crippen molar-refractivity contribution in [1.82, 2.24) is 0 Å². The molecule has 0 saturated heterocycles. The average Bonchev–Trinajstić information content (AvgIpc) is 1.79. The van der Waals surface area contributed by atoms with E-state index >= 15 is 0 Å². The number of amidine groups is 1. The maximum absolute atomic E-state index is 11.3. The van der Waals surface area contributed by atoms with Crippen LogP contribution in [0.1, 0.15) is 6.92 Å². The van der Waals surface area contributed by atoms with E-state index in [1.54, 1.807) is 0 Å². The van der Waals surface area contributed by atoms with Crippen LogP contribution >= 0.6 is 11.8 Å². The Kier molecular flexibility index (Phi) is 2.75. The third-order valence-electron chi connectivity index (χ3n) is 1.54. The molecule has 0 amide bonds. The van der Waals surface area contributed by atoms with E-state index < -0.39 is 10.0 Å². The van der Waals surface area contributed by atoms with Crippen LogP contribution in [-0.4, -0.2) is 50.2 Å². The van der Waals surface area contributed by atoms with Crippen LogP contribution in [0.3, 0.4) is 0 Å². The third-order valence-corrected chi connectivity index (χ3v) is 4.66. The first-order valence-electron chi connectivity index (χ1n) is 4.02. The summed E-state index contributed by atoms with van der Waals surface area (Å²) in [5.74, 6) is 0.154. The van der Waals surface area contributed by atoms with Crippen LogP contribution in [0.15, 0.2) is 4.40 Å². The molecule has 0 aromatic rings. The molecule has 6 heteroatoms. The van der Waals surface area contributed by atoms with Crippen molar-refractivity contribution in [1.29, 1.82) is 0 Å². The maximum Gasteiger partial charge on any atom is 0.274 e. The Hall–Kier alpha value is -0.0700. The van der Waals surface area contributed by atoms with Crippen molar-refractivity contribution in [3.63, 3.8) is 0 Å². The van der Waals surface area contributed by atoms with Crippen molar-refractivity contribution in [3.8, 4) is 0 Å². The molecule has 1 unspecified atom stereocenters. The Balaban J connectivity index is 3.07. The molecule has 13 heavy (non-hydrogen) atoms. The fourth-order valence-electron chi connectivity index (χ4n) is 0.969. The summed E-state index contributed by atoms with van der Waals surface area (Å²) in [6.45, 7) is 1.91. The molecule has 0 saturated carbocycles. The summed E-state index contributed by atoms with van der Waals surface area (Å²) in [6.07, 6.45) is 0. The predicted octanol–water partition coefficient (Wildman–Crippen LogP) is 0.514. The minimum atomic E-state index is -3.21. The molecule has 0 spiro atoms. The number of thioether (sulfide) groups is 1. The molecule has 1 rings (SSSR count). The van der Waals surface area contributed by atoms with Gasteiger partial charge >= 0.3 is 0 Å². The number of nitrogens with zero attached hydrogens (tertiary/aromatic N) is 2. The van der Waals surface area contributed by atoms with E-state index in [9.17, 15) is 8.42 Å². The third kappa shape index (κ3) is 2.96. The Morgan fingerprint density at radius 1 is 1.46 bits per heavy atom. The Morgan fingerprint density at radius 2 is 2.00 bits per heavy atom. The number of quaternary nitrogens is 1. The molecule has 1 aliphatic rings. The molecule has 1 atom stereocenters. The van der Waals surface area contributed by atoms with Crippen LogP contribution in [-0.2, 0) is 10.0 Å². The normalized spacial score (nSPS) is 28.3. The summed E-state index contributed by atoms with van der Waals surface area (Å²) in [5, 5.41) is 0.772. The molecule has 76 valence electrons. The van der Waals surface area contributed by atoms with Gasteiger partial charge < -0.3 is 0 Å². The zero-order valence-corrected chi connectivity index (χ0v) is 9.94. The molecule has 0 fully saturated rings. The van der Waals surface area contributed by atoms with Gasteiger partial charge in [0.1, 0.15) is 0 Å². The van der Waals surface area contributed by atoms with Gasteiger partial charge in [0.15, 0.2) is 0 Å².